The zero-order chi connectivity index (χ0) is 25.6. The Morgan fingerprint density at radius 1 is 1.03 bits per heavy atom. The number of fused-ring (bicyclic) bond motifs is 7. The fraction of sp³-hybridized carbons (Fsp3) is 0.677. The van der Waals surface area contributed by atoms with Crippen LogP contribution >= 0.6 is 0 Å². The zero-order valence-corrected chi connectivity index (χ0v) is 22.7. The van der Waals surface area contributed by atoms with Crippen LogP contribution in [0.15, 0.2) is 46.3 Å². The Bertz CT molecular complexity index is 1140. The van der Waals surface area contributed by atoms with Crippen molar-refractivity contribution in [3.05, 3.63) is 46.3 Å². The summed E-state index contributed by atoms with van der Waals surface area (Å²) >= 11 is 0. The molecule has 190 valence electrons. The number of allylic oxidation sites excluding steroid dienone is 7. The van der Waals surface area contributed by atoms with Gasteiger partial charge in [-0.05, 0) is 98.2 Å². The molecule has 6 atom stereocenters. The third-order valence-corrected chi connectivity index (χ3v) is 11.8. The SMILES string of the molecule is CCNC(=O)[C@]1(C)CC[C@]2(C)CC[C@]3(C)C4=CC=C5C(=CC(=O)C(O)=C5C)[C@]4(C)CC[C@@]3(C)[C@@H]2C1. The van der Waals surface area contributed by atoms with Gasteiger partial charge in [0.15, 0.2) is 5.76 Å². The highest BCUT2D eigenvalue weighted by Crippen LogP contribution is 2.75. The van der Waals surface area contributed by atoms with Crippen molar-refractivity contribution in [2.45, 2.75) is 93.4 Å². The predicted octanol–water partition coefficient (Wildman–Crippen LogP) is 6.75. The molecule has 0 aromatic rings. The molecule has 4 nitrogen and oxygen atoms in total. The van der Waals surface area contributed by atoms with E-state index in [1.165, 1.54) is 12.0 Å². The highest BCUT2D eigenvalue weighted by molar-refractivity contribution is 6.06. The van der Waals surface area contributed by atoms with Crippen LogP contribution in [0.3, 0.4) is 0 Å². The van der Waals surface area contributed by atoms with Crippen LogP contribution in [0, 0.1) is 33.0 Å². The standard InChI is InChI=1S/C31H43NO3/c1-8-32-26(35)28(4)12-11-27(3)13-15-30(6)23-10-9-20-19(2)25(34)22(33)17-21(20)29(23,5)14-16-31(30,7)24(27)18-28/h9-10,17,24,34H,8,11-16,18H2,1-7H3,(H,32,35)/t24-,27-,28-,29+,30-,31+/m1/s1. The molecule has 0 bridgehead atoms. The summed E-state index contributed by atoms with van der Waals surface area (Å²) in [4.78, 5) is 25.8. The maximum absolute atomic E-state index is 13.2. The molecule has 0 heterocycles. The quantitative estimate of drug-likeness (QED) is 0.462. The van der Waals surface area contributed by atoms with Crippen LogP contribution in [-0.4, -0.2) is 23.3 Å². The Labute approximate surface area is 211 Å². The molecule has 0 unspecified atom stereocenters. The number of amides is 1. The number of carbonyl (C=O) groups is 2. The molecule has 4 heteroatoms. The number of aliphatic hydroxyl groups is 1. The summed E-state index contributed by atoms with van der Waals surface area (Å²) in [5.74, 6) is 0.305. The molecule has 5 aliphatic rings. The summed E-state index contributed by atoms with van der Waals surface area (Å²) in [6.07, 6.45) is 13.6. The van der Waals surface area contributed by atoms with Gasteiger partial charge in [0.05, 0.1) is 0 Å². The normalized spacial score (nSPS) is 44.7. The molecular formula is C31H43NO3. The maximum Gasteiger partial charge on any atom is 0.225 e. The molecule has 0 aromatic carbocycles. The lowest BCUT2D eigenvalue weighted by molar-refractivity contribution is -0.169. The lowest BCUT2D eigenvalue weighted by Crippen LogP contribution is -2.62. The molecular weight excluding hydrogens is 434 g/mol. The van der Waals surface area contributed by atoms with E-state index in [0.29, 0.717) is 18.0 Å². The van der Waals surface area contributed by atoms with Crippen LogP contribution < -0.4 is 5.32 Å². The van der Waals surface area contributed by atoms with E-state index >= 15 is 0 Å². The van der Waals surface area contributed by atoms with Gasteiger partial charge >= 0.3 is 0 Å². The van der Waals surface area contributed by atoms with Gasteiger partial charge in [0.25, 0.3) is 0 Å². The Morgan fingerprint density at radius 3 is 2.40 bits per heavy atom. The van der Waals surface area contributed by atoms with Gasteiger partial charge in [0.1, 0.15) is 0 Å². The van der Waals surface area contributed by atoms with Crippen molar-refractivity contribution in [2.75, 3.05) is 6.54 Å². The Kier molecular flexibility index (Phi) is 5.24. The van der Waals surface area contributed by atoms with Gasteiger partial charge < -0.3 is 10.4 Å². The second kappa shape index (κ2) is 7.46. The van der Waals surface area contributed by atoms with Crippen LogP contribution in [0.25, 0.3) is 0 Å². The topological polar surface area (TPSA) is 66.4 Å². The fourth-order valence-electron chi connectivity index (χ4n) is 9.04. The van der Waals surface area contributed by atoms with Crippen LogP contribution in [-0.2, 0) is 9.59 Å². The molecule has 0 aromatic heterocycles. The summed E-state index contributed by atoms with van der Waals surface area (Å²) < 4.78 is 0. The average Bonchev–Trinajstić information content (AvgIpc) is 2.81. The third kappa shape index (κ3) is 3.04. The predicted molar refractivity (Wildman–Crippen MR) is 140 cm³/mol. The van der Waals surface area contributed by atoms with Crippen LogP contribution in [0.1, 0.15) is 93.4 Å². The number of ketones is 1. The number of hydrogen-bond acceptors (Lipinski definition) is 3. The maximum atomic E-state index is 13.2. The van der Waals surface area contributed by atoms with Gasteiger partial charge in [-0.25, -0.2) is 0 Å². The highest BCUT2D eigenvalue weighted by atomic mass is 16.3. The number of hydrogen-bond donors (Lipinski definition) is 2. The Balaban J connectivity index is 1.60. The summed E-state index contributed by atoms with van der Waals surface area (Å²) in [5, 5.41) is 13.5. The monoisotopic (exact) mass is 477 g/mol. The number of carbonyl (C=O) groups excluding carboxylic acids is 2. The number of nitrogens with one attached hydrogen (secondary N) is 1. The first kappa shape index (κ1) is 24.6. The van der Waals surface area contributed by atoms with E-state index in [4.69, 9.17) is 0 Å². The average molecular weight is 478 g/mol. The molecule has 0 aliphatic heterocycles. The van der Waals surface area contributed by atoms with E-state index in [-0.39, 0.29) is 44.5 Å². The first-order chi connectivity index (χ1) is 16.3. The first-order valence-electron chi connectivity index (χ1n) is 13.6. The summed E-state index contributed by atoms with van der Waals surface area (Å²) in [7, 11) is 0. The van der Waals surface area contributed by atoms with E-state index in [0.717, 1.165) is 49.7 Å². The number of aliphatic hydroxyl groups excluding tert-OH is 1. The molecule has 1 amide bonds. The zero-order valence-electron chi connectivity index (χ0n) is 22.7. The van der Waals surface area contributed by atoms with E-state index < -0.39 is 0 Å². The summed E-state index contributed by atoms with van der Waals surface area (Å²) in [6, 6.07) is 0. The van der Waals surface area contributed by atoms with E-state index in [1.54, 1.807) is 6.08 Å². The highest BCUT2D eigenvalue weighted by Gasteiger charge is 2.67. The molecule has 2 N–H and O–H groups in total. The lowest BCUT2D eigenvalue weighted by Gasteiger charge is -2.70. The minimum atomic E-state index is -0.312. The minimum absolute atomic E-state index is 0.00725. The van der Waals surface area contributed by atoms with Crippen LogP contribution in [0.4, 0.5) is 0 Å². The van der Waals surface area contributed by atoms with Crippen LogP contribution in [0.5, 0.6) is 0 Å². The fourth-order valence-corrected chi connectivity index (χ4v) is 9.04. The molecule has 5 rings (SSSR count). The van der Waals surface area contributed by atoms with Gasteiger partial charge in [-0.2, -0.15) is 0 Å². The third-order valence-electron chi connectivity index (χ3n) is 11.8. The number of rotatable bonds is 2. The van der Waals surface area contributed by atoms with Gasteiger partial charge in [0, 0.05) is 22.9 Å². The largest absolute Gasteiger partial charge is 0.504 e. The van der Waals surface area contributed by atoms with E-state index in [9.17, 15) is 14.7 Å². The molecule has 35 heavy (non-hydrogen) atoms. The molecule has 5 aliphatic carbocycles. The molecule has 0 saturated heterocycles. The second-order valence-corrected chi connectivity index (χ2v) is 13.5. The van der Waals surface area contributed by atoms with Crippen LogP contribution in [0.2, 0.25) is 0 Å². The molecule has 3 saturated carbocycles. The second-order valence-electron chi connectivity index (χ2n) is 13.5. The minimum Gasteiger partial charge on any atom is -0.504 e. The lowest BCUT2D eigenvalue weighted by atomic mass is 9.34. The molecule has 3 fully saturated rings. The van der Waals surface area contributed by atoms with Crippen molar-refractivity contribution in [1.29, 1.82) is 0 Å². The first-order valence-corrected chi connectivity index (χ1v) is 13.6. The Hall–Kier alpha value is -2.10. The smallest absolute Gasteiger partial charge is 0.225 e. The molecule has 0 spiro atoms. The van der Waals surface area contributed by atoms with Gasteiger partial charge in [-0.15, -0.1) is 0 Å². The van der Waals surface area contributed by atoms with Crippen molar-refractivity contribution in [1.82, 2.24) is 5.32 Å². The Morgan fingerprint density at radius 2 is 1.71 bits per heavy atom. The van der Waals surface area contributed by atoms with E-state index in [1.807, 2.05) is 13.8 Å². The molecule has 0 radical (unpaired) electrons. The van der Waals surface area contributed by atoms with Crippen molar-refractivity contribution < 1.29 is 14.7 Å². The van der Waals surface area contributed by atoms with Crippen molar-refractivity contribution in [3.8, 4) is 0 Å². The summed E-state index contributed by atoms with van der Waals surface area (Å²) in [6.45, 7) is 16.5. The van der Waals surface area contributed by atoms with Gasteiger partial charge in [0.2, 0.25) is 11.7 Å². The van der Waals surface area contributed by atoms with Crippen molar-refractivity contribution in [2.24, 2.45) is 33.0 Å². The van der Waals surface area contributed by atoms with Crippen molar-refractivity contribution in [3.63, 3.8) is 0 Å². The van der Waals surface area contributed by atoms with Crippen molar-refractivity contribution >= 4 is 11.7 Å². The summed E-state index contributed by atoms with van der Waals surface area (Å²) in [5.41, 5.74) is 4.06. The van der Waals surface area contributed by atoms with Gasteiger partial charge in [-0.1, -0.05) is 52.3 Å². The van der Waals surface area contributed by atoms with Gasteiger partial charge in [-0.3, -0.25) is 9.59 Å². The van der Waals surface area contributed by atoms with E-state index in [2.05, 4.69) is 52.1 Å².